The van der Waals surface area contributed by atoms with Crippen LogP contribution in [0.3, 0.4) is 0 Å². The van der Waals surface area contributed by atoms with E-state index in [1.807, 2.05) is 13.0 Å². The van der Waals surface area contributed by atoms with Crippen molar-refractivity contribution in [2.45, 2.75) is 23.6 Å². The third-order valence-corrected chi connectivity index (χ3v) is 8.18. The van der Waals surface area contributed by atoms with Crippen LogP contribution in [0, 0.1) is 6.92 Å². The molecule has 0 amide bonds. The van der Waals surface area contributed by atoms with Crippen LogP contribution in [0.5, 0.6) is 0 Å². The molecule has 1 fully saturated rings. The Balaban J connectivity index is 1.65. The minimum Gasteiger partial charge on any atom is -0.293 e. The van der Waals surface area contributed by atoms with Crippen LogP contribution in [0.2, 0.25) is 0 Å². The van der Waals surface area contributed by atoms with Gasteiger partial charge in [-0.25, -0.2) is 8.42 Å². The fraction of sp³-hybridized carbons (Fsp3) is 0.412. The molecule has 3 heterocycles. The highest BCUT2D eigenvalue weighted by Gasteiger charge is 2.37. The molecule has 2 aromatic rings. The number of aryl methyl sites for hydroxylation is 1. The summed E-state index contributed by atoms with van der Waals surface area (Å²) in [4.78, 5) is 3.46. The van der Waals surface area contributed by atoms with E-state index in [2.05, 4.69) is 29.2 Å². The number of hydrogen-bond acceptors (Lipinski definition) is 4. The average molecular weight is 348 g/mol. The van der Waals surface area contributed by atoms with Crippen molar-refractivity contribution in [3.8, 4) is 0 Å². The van der Waals surface area contributed by atoms with Gasteiger partial charge in [-0.2, -0.15) is 4.31 Å². The summed E-state index contributed by atoms with van der Waals surface area (Å²) in [5, 5.41) is 0. The second-order valence-corrected chi connectivity index (χ2v) is 9.68. The van der Waals surface area contributed by atoms with Crippen molar-refractivity contribution < 1.29 is 8.42 Å². The first-order valence-corrected chi connectivity index (χ1v) is 10.2. The maximum atomic E-state index is 12.9. The van der Waals surface area contributed by atoms with Crippen LogP contribution in [0.4, 0.5) is 0 Å². The minimum atomic E-state index is -3.37. The van der Waals surface area contributed by atoms with Crippen molar-refractivity contribution in [3.05, 3.63) is 52.4 Å². The van der Waals surface area contributed by atoms with E-state index in [1.165, 1.54) is 22.5 Å². The van der Waals surface area contributed by atoms with E-state index in [0.29, 0.717) is 17.3 Å². The van der Waals surface area contributed by atoms with Crippen molar-refractivity contribution in [1.29, 1.82) is 0 Å². The zero-order valence-electron chi connectivity index (χ0n) is 13.1. The molecule has 2 aliphatic rings. The molecule has 0 N–H and O–H groups in total. The zero-order chi connectivity index (χ0) is 16.0. The summed E-state index contributed by atoms with van der Waals surface area (Å²) in [7, 11) is -3.37. The highest BCUT2D eigenvalue weighted by Crippen LogP contribution is 2.35. The molecule has 0 bridgehead atoms. The molecule has 0 saturated carbocycles. The van der Waals surface area contributed by atoms with E-state index >= 15 is 0 Å². The van der Waals surface area contributed by atoms with Crippen LogP contribution < -0.4 is 0 Å². The molecule has 0 radical (unpaired) electrons. The molecule has 122 valence electrons. The predicted octanol–water partition coefficient (Wildman–Crippen LogP) is 2.66. The summed E-state index contributed by atoms with van der Waals surface area (Å²) in [6, 6.07) is 12.2. The number of nitrogens with zero attached hydrogens (tertiary/aromatic N) is 2. The van der Waals surface area contributed by atoms with Gasteiger partial charge in [0.15, 0.2) is 0 Å². The second-order valence-electron chi connectivity index (χ2n) is 6.23. The fourth-order valence-electron chi connectivity index (χ4n) is 3.61. The first-order chi connectivity index (χ1) is 11.1. The number of rotatable bonds is 2. The lowest BCUT2D eigenvalue weighted by Crippen LogP contribution is -2.52. The molecular formula is C17H20N2O2S2. The quantitative estimate of drug-likeness (QED) is 0.838. The van der Waals surface area contributed by atoms with Gasteiger partial charge in [0.2, 0.25) is 0 Å². The van der Waals surface area contributed by atoms with Crippen LogP contribution >= 0.6 is 11.3 Å². The molecule has 4 nitrogen and oxygen atoms in total. The van der Waals surface area contributed by atoms with Gasteiger partial charge in [-0.05, 0) is 36.6 Å². The second kappa shape index (κ2) is 5.70. The average Bonchev–Trinajstić information content (AvgIpc) is 3.01. The van der Waals surface area contributed by atoms with Gasteiger partial charge in [-0.1, -0.05) is 24.3 Å². The number of hydrogen-bond donors (Lipinski definition) is 0. The maximum absolute atomic E-state index is 12.9. The number of thiophene rings is 1. The Kier molecular flexibility index (Phi) is 3.80. The first-order valence-electron chi connectivity index (χ1n) is 7.94. The van der Waals surface area contributed by atoms with E-state index in [4.69, 9.17) is 0 Å². The molecule has 1 aromatic carbocycles. The topological polar surface area (TPSA) is 40.6 Å². The predicted molar refractivity (Wildman–Crippen MR) is 92.3 cm³/mol. The summed E-state index contributed by atoms with van der Waals surface area (Å²) < 4.78 is 27.9. The molecule has 1 atom stereocenters. The molecule has 23 heavy (non-hydrogen) atoms. The summed E-state index contributed by atoms with van der Waals surface area (Å²) in [6.45, 7) is 4.91. The standard InChI is InChI=1S/C17H20N2O2S2/c1-13-6-7-17(22-13)23(20,21)19-11-10-18-9-8-14-4-2-3-5-15(14)16(18)12-19/h2-7,16H,8-12H2,1H3. The summed E-state index contributed by atoms with van der Waals surface area (Å²) in [5.41, 5.74) is 2.65. The maximum Gasteiger partial charge on any atom is 0.252 e. The summed E-state index contributed by atoms with van der Waals surface area (Å²) in [5.74, 6) is 0. The van der Waals surface area contributed by atoms with Gasteiger partial charge in [-0.3, -0.25) is 4.90 Å². The van der Waals surface area contributed by atoms with Gasteiger partial charge in [0.1, 0.15) is 4.21 Å². The monoisotopic (exact) mass is 348 g/mol. The van der Waals surface area contributed by atoms with E-state index in [-0.39, 0.29) is 6.04 Å². The lowest BCUT2D eigenvalue weighted by Gasteiger charge is -2.44. The van der Waals surface area contributed by atoms with Gasteiger partial charge in [0.05, 0.1) is 0 Å². The van der Waals surface area contributed by atoms with Crippen molar-refractivity contribution in [2.24, 2.45) is 0 Å². The summed E-state index contributed by atoms with van der Waals surface area (Å²) in [6.07, 6.45) is 1.06. The fourth-order valence-corrected chi connectivity index (χ4v) is 6.48. The van der Waals surface area contributed by atoms with E-state index < -0.39 is 10.0 Å². The summed E-state index contributed by atoms with van der Waals surface area (Å²) >= 11 is 1.36. The molecule has 1 aromatic heterocycles. The van der Waals surface area contributed by atoms with E-state index in [0.717, 1.165) is 24.4 Å². The lowest BCUT2D eigenvalue weighted by atomic mass is 9.91. The van der Waals surface area contributed by atoms with Crippen molar-refractivity contribution in [3.63, 3.8) is 0 Å². The third-order valence-electron chi connectivity index (χ3n) is 4.85. The number of sulfonamides is 1. The van der Waals surface area contributed by atoms with Crippen molar-refractivity contribution in [2.75, 3.05) is 26.2 Å². The van der Waals surface area contributed by atoms with Gasteiger partial charge < -0.3 is 0 Å². The lowest BCUT2D eigenvalue weighted by molar-refractivity contribution is 0.109. The smallest absolute Gasteiger partial charge is 0.252 e. The first kappa shape index (κ1) is 15.3. The number of fused-ring (bicyclic) bond motifs is 3. The Morgan fingerprint density at radius 3 is 2.70 bits per heavy atom. The molecule has 2 aliphatic heterocycles. The Morgan fingerprint density at radius 1 is 1.09 bits per heavy atom. The minimum absolute atomic E-state index is 0.185. The van der Waals surface area contributed by atoms with E-state index in [1.54, 1.807) is 10.4 Å². The molecule has 4 rings (SSSR count). The van der Waals surface area contributed by atoms with Crippen LogP contribution in [-0.2, 0) is 16.4 Å². The van der Waals surface area contributed by atoms with Crippen LogP contribution in [0.15, 0.2) is 40.6 Å². The van der Waals surface area contributed by atoms with Crippen LogP contribution in [0.1, 0.15) is 22.0 Å². The molecule has 6 heteroatoms. The van der Waals surface area contributed by atoms with Crippen LogP contribution in [0.25, 0.3) is 0 Å². The van der Waals surface area contributed by atoms with Gasteiger partial charge in [0, 0.05) is 37.1 Å². The van der Waals surface area contributed by atoms with Gasteiger partial charge in [-0.15, -0.1) is 11.3 Å². The molecule has 0 spiro atoms. The molecule has 1 unspecified atom stereocenters. The highest BCUT2D eigenvalue weighted by atomic mass is 32.2. The number of benzene rings is 1. The Hall–Kier alpha value is -1.21. The zero-order valence-corrected chi connectivity index (χ0v) is 14.7. The highest BCUT2D eigenvalue weighted by molar-refractivity contribution is 7.91. The third kappa shape index (κ3) is 2.63. The van der Waals surface area contributed by atoms with E-state index in [9.17, 15) is 8.42 Å². The largest absolute Gasteiger partial charge is 0.293 e. The van der Waals surface area contributed by atoms with Crippen LogP contribution in [-0.4, -0.2) is 43.8 Å². The molecular weight excluding hydrogens is 328 g/mol. The molecule has 1 saturated heterocycles. The Bertz CT molecular complexity index is 829. The number of piperazine rings is 1. The van der Waals surface area contributed by atoms with Crippen molar-refractivity contribution in [1.82, 2.24) is 9.21 Å². The molecule has 0 aliphatic carbocycles. The normalized spacial score (nSPS) is 22.6. The van der Waals surface area contributed by atoms with Crippen molar-refractivity contribution >= 4 is 21.4 Å². The van der Waals surface area contributed by atoms with Gasteiger partial charge >= 0.3 is 0 Å². The Morgan fingerprint density at radius 2 is 1.91 bits per heavy atom. The van der Waals surface area contributed by atoms with Gasteiger partial charge in [0.25, 0.3) is 10.0 Å². The Labute approximate surface area is 141 Å². The SMILES string of the molecule is Cc1ccc(S(=O)(=O)N2CCN3CCc4ccccc4C3C2)s1.